The molecule has 4 amide bonds. The lowest BCUT2D eigenvalue weighted by Gasteiger charge is -2.41. The predicted octanol–water partition coefficient (Wildman–Crippen LogP) is 2.81. The van der Waals surface area contributed by atoms with Crippen molar-refractivity contribution in [2.24, 2.45) is 17.3 Å². The Bertz CT molecular complexity index is 557. The van der Waals surface area contributed by atoms with Gasteiger partial charge < -0.3 is 15.1 Å². The van der Waals surface area contributed by atoms with E-state index in [9.17, 15) is 14.4 Å². The van der Waals surface area contributed by atoms with E-state index in [1.165, 1.54) is 4.90 Å². The average Bonchev–Trinajstić information content (AvgIpc) is 2.64. The lowest BCUT2D eigenvalue weighted by atomic mass is 9.80. The number of urea groups is 1. The Labute approximate surface area is 177 Å². The second-order valence-corrected chi connectivity index (χ2v) is 9.45. The number of nitrogens with one attached hydrogen (secondary N) is 1. The predicted molar refractivity (Wildman–Crippen MR) is 116 cm³/mol. The zero-order valence-corrected chi connectivity index (χ0v) is 19.6. The number of hydrogen-bond acceptors (Lipinski definition) is 4. The first-order valence-electron chi connectivity index (χ1n) is 11.0. The second kappa shape index (κ2) is 11.5. The van der Waals surface area contributed by atoms with Crippen LogP contribution in [0.15, 0.2) is 0 Å². The fraction of sp³-hybridized carbons (Fsp3) is 0.864. The van der Waals surface area contributed by atoms with E-state index in [4.69, 9.17) is 0 Å². The van der Waals surface area contributed by atoms with Crippen molar-refractivity contribution in [3.8, 4) is 0 Å². The minimum absolute atomic E-state index is 0.114. The second-order valence-electron chi connectivity index (χ2n) is 9.45. The van der Waals surface area contributed by atoms with E-state index in [2.05, 4.69) is 17.1 Å². The summed E-state index contributed by atoms with van der Waals surface area (Å²) in [7, 11) is 3.99. The number of hydrogen-bond donors (Lipinski definition) is 1. The molecule has 1 saturated heterocycles. The third-order valence-corrected chi connectivity index (χ3v) is 5.70. The van der Waals surface area contributed by atoms with Gasteiger partial charge in [-0.2, -0.15) is 0 Å². The number of carbonyl (C=O) groups excluding carboxylic acids is 3. The normalized spacial score (nSPS) is 19.9. The number of rotatable bonds is 8. The molecule has 7 nitrogen and oxygen atoms in total. The average molecular weight is 411 g/mol. The summed E-state index contributed by atoms with van der Waals surface area (Å²) in [5, 5.41) is 2.86. The first-order chi connectivity index (χ1) is 13.5. The van der Waals surface area contributed by atoms with E-state index in [0.717, 1.165) is 25.8 Å². The maximum absolute atomic E-state index is 12.8. The maximum atomic E-state index is 12.8. The van der Waals surface area contributed by atoms with Crippen LogP contribution in [-0.4, -0.2) is 79.4 Å². The van der Waals surface area contributed by atoms with Gasteiger partial charge in [-0.05, 0) is 52.2 Å². The van der Waals surface area contributed by atoms with Gasteiger partial charge in [0.05, 0.1) is 0 Å². The van der Waals surface area contributed by atoms with Crippen molar-refractivity contribution in [2.75, 3.05) is 46.8 Å². The van der Waals surface area contributed by atoms with Crippen molar-refractivity contribution >= 4 is 17.8 Å². The molecule has 1 fully saturated rings. The molecular formula is C22H42N4O3. The summed E-state index contributed by atoms with van der Waals surface area (Å²) in [6.07, 6.45) is 2.96. The summed E-state index contributed by atoms with van der Waals surface area (Å²) in [5.74, 6) is 0.567. The van der Waals surface area contributed by atoms with Crippen LogP contribution >= 0.6 is 0 Å². The highest BCUT2D eigenvalue weighted by Gasteiger charge is 2.36. The lowest BCUT2D eigenvalue weighted by Crippen LogP contribution is -2.49. The van der Waals surface area contributed by atoms with Crippen molar-refractivity contribution in [1.29, 1.82) is 0 Å². The standard InChI is InChI=1S/C22H42N4O3/c1-8-17-16-25(20(28)22(3,4)5)14-11-18(17)15-19(27)26(9-2)21(29)23-12-10-13-24(6)7/h17-18H,8-16H2,1-7H3,(H,23,29). The van der Waals surface area contributed by atoms with Crippen LogP contribution in [0.25, 0.3) is 0 Å². The molecule has 0 spiro atoms. The number of nitrogens with zero attached hydrogens (tertiary/aromatic N) is 3. The van der Waals surface area contributed by atoms with Crippen LogP contribution < -0.4 is 5.32 Å². The SMILES string of the molecule is CCC1CN(C(=O)C(C)(C)C)CCC1CC(=O)N(CC)C(=O)NCCCN(C)C. The van der Waals surface area contributed by atoms with Crippen LogP contribution in [0, 0.1) is 17.3 Å². The molecule has 2 atom stereocenters. The molecular weight excluding hydrogens is 368 g/mol. The highest BCUT2D eigenvalue weighted by Crippen LogP contribution is 2.31. The van der Waals surface area contributed by atoms with E-state index in [0.29, 0.717) is 38.5 Å². The van der Waals surface area contributed by atoms with Crippen molar-refractivity contribution in [2.45, 2.75) is 60.3 Å². The van der Waals surface area contributed by atoms with Gasteiger partial charge >= 0.3 is 6.03 Å². The highest BCUT2D eigenvalue weighted by molar-refractivity contribution is 5.94. The van der Waals surface area contributed by atoms with E-state index in [1.54, 1.807) is 0 Å². The number of piperidine rings is 1. The maximum Gasteiger partial charge on any atom is 0.324 e. The van der Waals surface area contributed by atoms with Gasteiger partial charge in [-0.1, -0.05) is 34.1 Å². The van der Waals surface area contributed by atoms with Gasteiger partial charge in [-0.3, -0.25) is 14.5 Å². The number of imide groups is 1. The van der Waals surface area contributed by atoms with Gasteiger partial charge in [0.2, 0.25) is 11.8 Å². The van der Waals surface area contributed by atoms with Gasteiger partial charge in [0.1, 0.15) is 0 Å². The Kier molecular flexibility index (Phi) is 10.1. The Hall–Kier alpha value is -1.63. The van der Waals surface area contributed by atoms with Crippen LogP contribution in [0.4, 0.5) is 4.79 Å². The molecule has 0 radical (unpaired) electrons. The molecule has 1 heterocycles. The molecule has 29 heavy (non-hydrogen) atoms. The quantitative estimate of drug-likeness (QED) is 0.625. The first-order valence-corrected chi connectivity index (χ1v) is 11.0. The zero-order chi connectivity index (χ0) is 22.2. The Morgan fingerprint density at radius 2 is 1.76 bits per heavy atom. The van der Waals surface area contributed by atoms with Gasteiger partial charge in [0.15, 0.2) is 0 Å². The molecule has 2 unspecified atom stereocenters. The molecule has 1 aliphatic heterocycles. The topological polar surface area (TPSA) is 73.0 Å². The molecule has 1 N–H and O–H groups in total. The van der Waals surface area contributed by atoms with E-state index in [-0.39, 0.29) is 29.2 Å². The van der Waals surface area contributed by atoms with Crippen LogP contribution in [0.1, 0.15) is 60.3 Å². The smallest absolute Gasteiger partial charge is 0.324 e. The van der Waals surface area contributed by atoms with E-state index >= 15 is 0 Å². The lowest BCUT2D eigenvalue weighted by molar-refractivity contribution is -0.142. The van der Waals surface area contributed by atoms with Crippen LogP contribution in [0.2, 0.25) is 0 Å². The molecule has 0 aromatic carbocycles. The summed E-state index contributed by atoms with van der Waals surface area (Å²) < 4.78 is 0. The highest BCUT2D eigenvalue weighted by atomic mass is 16.2. The molecule has 1 aliphatic rings. The molecule has 0 aromatic rings. The zero-order valence-electron chi connectivity index (χ0n) is 19.6. The van der Waals surface area contributed by atoms with Crippen LogP contribution in [-0.2, 0) is 9.59 Å². The van der Waals surface area contributed by atoms with Gasteiger partial charge in [0.25, 0.3) is 0 Å². The van der Waals surface area contributed by atoms with Gasteiger partial charge in [-0.25, -0.2) is 4.79 Å². The molecule has 0 bridgehead atoms. The summed E-state index contributed by atoms with van der Waals surface area (Å²) in [6, 6.07) is -0.301. The molecule has 168 valence electrons. The molecule has 0 aromatic heterocycles. The summed E-state index contributed by atoms with van der Waals surface area (Å²) in [5.41, 5.74) is -0.384. The fourth-order valence-electron chi connectivity index (χ4n) is 3.92. The Morgan fingerprint density at radius 3 is 2.28 bits per heavy atom. The minimum Gasteiger partial charge on any atom is -0.342 e. The summed E-state index contributed by atoms with van der Waals surface area (Å²) >= 11 is 0. The summed E-state index contributed by atoms with van der Waals surface area (Å²) in [4.78, 5) is 43.2. The van der Waals surface area contributed by atoms with E-state index in [1.807, 2.05) is 46.7 Å². The monoisotopic (exact) mass is 410 g/mol. The molecule has 0 saturated carbocycles. The summed E-state index contributed by atoms with van der Waals surface area (Å²) in [6.45, 7) is 13.0. The van der Waals surface area contributed by atoms with Crippen LogP contribution in [0.3, 0.4) is 0 Å². The number of amides is 4. The Balaban J connectivity index is 2.62. The number of carbonyl (C=O) groups is 3. The Morgan fingerprint density at radius 1 is 1.10 bits per heavy atom. The van der Waals surface area contributed by atoms with Crippen molar-refractivity contribution in [3.05, 3.63) is 0 Å². The largest absolute Gasteiger partial charge is 0.342 e. The third kappa shape index (κ3) is 7.96. The van der Waals surface area contributed by atoms with Crippen LogP contribution in [0.5, 0.6) is 0 Å². The third-order valence-electron chi connectivity index (χ3n) is 5.70. The van der Waals surface area contributed by atoms with Crippen molar-refractivity contribution in [1.82, 2.24) is 20.0 Å². The van der Waals surface area contributed by atoms with Gasteiger partial charge in [0, 0.05) is 38.0 Å². The van der Waals surface area contributed by atoms with Crippen molar-refractivity contribution in [3.63, 3.8) is 0 Å². The van der Waals surface area contributed by atoms with Crippen molar-refractivity contribution < 1.29 is 14.4 Å². The minimum atomic E-state index is -0.384. The molecule has 1 rings (SSSR count). The fourth-order valence-corrected chi connectivity index (χ4v) is 3.92. The van der Waals surface area contributed by atoms with E-state index < -0.39 is 0 Å². The van der Waals surface area contributed by atoms with Gasteiger partial charge in [-0.15, -0.1) is 0 Å². The first kappa shape index (κ1) is 25.4. The number of likely N-dealkylation sites (tertiary alicyclic amines) is 1. The molecule has 7 heteroatoms. The molecule has 0 aliphatic carbocycles.